The Morgan fingerprint density at radius 1 is 1.75 bits per heavy atom. The van der Waals surface area contributed by atoms with Crippen LogP contribution in [0.2, 0.25) is 0 Å². The molecule has 0 saturated heterocycles. The first-order valence-electron chi connectivity index (χ1n) is 3.31. The predicted molar refractivity (Wildman–Crippen MR) is 42.1 cm³/mol. The minimum Gasteiger partial charge on any atom is -0.459 e. The summed E-state index contributed by atoms with van der Waals surface area (Å²) in [5.74, 6) is 4.84. The summed E-state index contributed by atoms with van der Waals surface area (Å²) in [5, 5.41) is 0. The van der Waals surface area contributed by atoms with Gasteiger partial charge in [-0.25, -0.2) is 9.78 Å². The molecule has 62 valence electrons. The van der Waals surface area contributed by atoms with E-state index in [1.807, 2.05) is 0 Å². The Hall–Kier alpha value is -1.76. The highest BCUT2D eigenvalue weighted by Gasteiger charge is 1.94. The fraction of sp³-hybridized carbons (Fsp3) is 0.250. The number of esters is 1. The van der Waals surface area contributed by atoms with Crippen molar-refractivity contribution in [1.82, 2.24) is 9.55 Å². The van der Waals surface area contributed by atoms with Gasteiger partial charge in [0.15, 0.2) is 5.82 Å². The molecule has 1 rings (SSSR count). The SMILES string of the molecule is COC(=O)C#Cc1nccn1C. The third-order valence-electron chi connectivity index (χ3n) is 1.28. The molecule has 0 fully saturated rings. The van der Waals surface area contributed by atoms with E-state index in [1.54, 1.807) is 24.0 Å². The van der Waals surface area contributed by atoms with Gasteiger partial charge in [-0.1, -0.05) is 0 Å². The molecule has 0 bridgehead atoms. The Bertz CT molecular complexity index is 343. The van der Waals surface area contributed by atoms with Gasteiger partial charge in [-0.05, 0) is 5.92 Å². The zero-order valence-electron chi connectivity index (χ0n) is 6.87. The molecule has 0 aliphatic heterocycles. The van der Waals surface area contributed by atoms with Gasteiger partial charge in [-0.15, -0.1) is 0 Å². The van der Waals surface area contributed by atoms with Crippen LogP contribution in [0.4, 0.5) is 0 Å². The van der Waals surface area contributed by atoms with E-state index >= 15 is 0 Å². The summed E-state index contributed by atoms with van der Waals surface area (Å²) < 4.78 is 6.06. The van der Waals surface area contributed by atoms with Gasteiger partial charge in [0, 0.05) is 25.4 Å². The first kappa shape index (κ1) is 8.34. The van der Waals surface area contributed by atoms with Gasteiger partial charge in [0.05, 0.1) is 7.11 Å². The first-order chi connectivity index (χ1) is 5.74. The molecule has 0 aliphatic rings. The van der Waals surface area contributed by atoms with Gasteiger partial charge in [-0.3, -0.25) is 0 Å². The molecule has 0 spiro atoms. The number of carbonyl (C=O) groups excluding carboxylic acids is 1. The second-order valence-electron chi connectivity index (χ2n) is 2.10. The number of hydrogen-bond acceptors (Lipinski definition) is 3. The Balaban J connectivity index is 2.79. The molecule has 0 unspecified atom stereocenters. The Morgan fingerprint density at radius 3 is 3.00 bits per heavy atom. The molecule has 0 saturated carbocycles. The molecular weight excluding hydrogens is 156 g/mol. The predicted octanol–water partition coefficient (Wildman–Crippen LogP) is -0.0554. The largest absolute Gasteiger partial charge is 0.459 e. The fourth-order valence-electron chi connectivity index (χ4n) is 0.644. The van der Waals surface area contributed by atoms with Crippen LogP contribution in [0.5, 0.6) is 0 Å². The topological polar surface area (TPSA) is 44.1 Å². The number of nitrogens with zero attached hydrogens (tertiary/aromatic N) is 2. The summed E-state index contributed by atoms with van der Waals surface area (Å²) in [4.78, 5) is 14.5. The van der Waals surface area contributed by atoms with Crippen LogP contribution in [0.1, 0.15) is 5.82 Å². The number of rotatable bonds is 0. The molecule has 0 N–H and O–H groups in total. The zero-order valence-corrected chi connectivity index (χ0v) is 6.87. The lowest BCUT2D eigenvalue weighted by molar-refractivity contribution is -0.133. The van der Waals surface area contributed by atoms with E-state index in [4.69, 9.17) is 0 Å². The molecule has 1 aromatic heterocycles. The highest BCUT2D eigenvalue weighted by molar-refractivity contribution is 5.88. The van der Waals surface area contributed by atoms with Crippen molar-refractivity contribution in [2.75, 3.05) is 7.11 Å². The van der Waals surface area contributed by atoms with E-state index in [-0.39, 0.29) is 0 Å². The van der Waals surface area contributed by atoms with Crippen molar-refractivity contribution in [2.45, 2.75) is 0 Å². The zero-order chi connectivity index (χ0) is 8.97. The minimum atomic E-state index is -0.557. The average Bonchev–Trinajstić information content (AvgIpc) is 2.47. The summed E-state index contributed by atoms with van der Waals surface area (Å²) >= 11 is 0. The number of ether oxygens (including phenoxy) is 1. The lowest BCUT2D eigenvalue weighted by atomic mass is 10.5. The number of aryl methyl sites for hydroxylation is 1. The van der Waals surface area contributed by atoms with Gasteiger partial charge >= 0.3 is 5.97 Å². The maximum absolute atomic E-state index is 10.6. The number of hydrogen-bond donors (Lipinski definition) is 0. The molecule has 0 aromatic carbocycles. The maximum Gasteiger partial charge on any atom is 0.384 e. The summed E-state index contributed by atoms with van der Waals surface area (Å²) in [5.41, 5.74) is 0. The smallest absolute Gasteiger partial charge is 0.384 e. The molecular formula is C8H8N2O2. The van der Waals surface area contributed by atoms with Gasteiger partial charge in [0.25, 0.3) is 0 Å². The van der Waals surface area contributed by atoms with E-state index in [1.165, 1.54) is 7.11 Å². The van der Waals surface area contributed by atoms with E-state index in [0.29, 0.717) is 5.82 Å². The number of aromatic nitrogens is 2. The number of carbonyl (C=O) groups is 1. The lowest BCUT2D eigenvalue weighted by Crippen LogP contribution is -1.96. The second kappa shape index (κ2) is 3.58. The highest BCUT2D eigenvalue weighted by Crippen LogP contribution is 1.89. The van der Waals surface area contributed by atoms with E-state index in [2.05, 4.69) is 21.6 Å². The van der Waals surface area contributed by atoms with Crippen LogP contribution in [0, 0.1) is 11.8 Å². The van der Waals surface area contributed by atoms with Crippen LogP contribution in [0.3, 0.4) is 0 Å². The van der Waals surface area contributed by atoms with Gasteiger partial charge < -0.3 is 9.30 Å². The molecule has 0 radical (unpaired) electrons. The monoisotopic (exact) mass is 164 g/mol. The van der Waals surface area contributed by atoms with Gasteiger partial charge in [0.2, 0.25) is 0 Å². The average molecular weight is 164 g/mol. The summed E-state index contributed by atoms with van der Waals surface area (Å²) in [7, 11) is 3.09. The van der Waals surface area contributed by atoms with Crippen molar-refractivity contribution >= 4 is 5.97 Å². The van der Waals surface area contributed by atoms with Crippen LogP contribution < -0.4 is 0 Å². The first-order valence-corrected chi connectivity index (χ1v) is 3.31. The van der Waals surface area contributed by atoms with E-state index in [9.17, 15) is 4.79 Å². The highest BCUT2D eigenvalue weighted by atomic mass is 16.5. The Kier molecular flexibility index (Phi) is 2.49. The lowest BCUT2D eigenvalue weighted by Gasteiger charge is -1.89. The molecule has 0 aliphatic carbocycles. The minimum absolute atomic E-state index is 0.542. The van der Waals surface area contributed by atoms with Crippen molar-refractivity contribution in [3.05, 3.63) is 18.2 Å². The Morgan fingerprint density at radius 2 is 2.50 bits per heavy atom. The maximum atomic E-state index is 10.6. The van der Waals surface area contributed by atoms with E-state index < -0.39 is 5.97 Å². The normalized spacial score (nSPS) is 8.50. The molecule has 12 heavy (non-hydrogen) atoms. The van der Waals surface area contributed by atoms with Crippen molar-refractivity contribution in [1.29, 1.82) is 0 Å². The molecule has 0 atom stereocenters. The second-order valence-corrected chi connectivity index (χ2v) is 2.10. The molecule has 4 heteroatoms. The van der Waals surface area contributed by atoms with Crippen LogP contribution in [0.25, 0.3) is 0 Å². The van der Waals surface area contributed by atoms with Crippen LogP contribution in [-0.4, -0.2) is 22.6 Å². The van der Waals surface area contributed by atoms with Crippen LogP contribution >= 0.6 is 0 Å². The number of imidazole rings is 1. The van der Waals surface area contributed by atoms with Crippen molar-refractivity contribution in [2.24, 2.45) is 7.05 Å². The van der Waals surface area contributed by atoms with Crippen molar-refractivity contribution < 1.29 is 9.53 Å². The summed E-state index contributed by atoms with van der Waals surface area (Å²) in [6.45, 7) is 0. The summed E-state index contributed by atoms with van der Waals surface area (Å²) in [6.07, 6.45) is 3.36. The van der Waals surface area contributed by atoms with Crippen molar-refractivity contribution in [3.8, 4) is 11.8 Å². The molecule has 4 nitrogen and oxygen atoms in total. The van der Waals surface area contributed by atoms with Crippen LogP contribution in [-0.2, 0) is 16.6 Å². The molecule has 0 amide bonds. The fourth-order valence-corrected chi connectivity index (χ4v) is 0.644. The van der Waals surface area contributed by atoms with Crippen LogP contribution in [0.15, 0.2) is 12.4 Å². The third kappa shape index (κ3) is 1.86. The Labute approximate surface area is 70.2 Å². The summed E-state index contributed by atoms with van der Waals surface area (Å²) in [6, 6.07) is 0. The molecule has 1 aromatic rings. The molecule has 1 heterocycles. The number of methoxy groups -OCH3 is 1. The standard InChI is InChI=1S/C8H8N2O2/c1-10-6-5-9-7(10)3-4-8(11)12-2/h5-6H,1-2H3. The van der Waals surface area contributed by atoms with E-state index in [0.717, 1.165) is 0 Å². The van der Waals surface area contributed by atoms with Crippen molar-refractivity contribution in [3.63, 3.8) is 0 Å². The van der Waals surface area contributed by atoms with Gasteiger partial charge in [-0.2, -0.15) is 0 Å². The quantitative estimate of drug-likeness (QED) is 0.398. The van der Waals surface area contributed by atoms with Gasteiger partial charge in [0.1, 0.15) is 0 Å². The third-order valence-corrected chi connectivity index (χ3v) is 1.28.